The average molecular weight is 186 g/mol. The number of unbranched alkanes of at least 4 members (excludes halogenated alkanes) is 2. The Balaban J connectivity index is 2.41. The van der Waals surface area contributed by atoms with Crippen LogP contribution < -0.4 is 0 Å². The van der Waals surface area contributed by atoms with E-state index in [1.165, 1.54) is 5.56 Å². The molecule has 0 aromatic heterocycles. The van der Waals surface area contributed by atoms with Crippen molar-refractivity contribution in [3.63, 3.8) is 0 Å². The van der Waals surface area contributed by atoms with Crippen molar-refractivity contribution in [1.29, 1.82) is 5.26 Å². The summed E-state index contributed by atoms with van der Waals surface area (Å²) in [6.07, 6.45) is 4.26. The van der Waals surface area contributed by atoms with Crippen LogP contribution in [-0.2, 0) is 0 Å². The van der Waals surface area contributed by atoms with Crippen molar-refractivity contribution < 1.29 is 0 Å². The molecule has 72 valence electrons. The van der Waals surface area contributed by atoms with E-state index in [9.17, 15) is 0 Å². The van der Waals surface area contributed by atoms with Crippen LogP contribution in [0.2, 0.25) is 0 Å². The molecule has 0 spiro atoms. The molecule has 0 heterocycles. The van der Waals surface area contributed by atoms with Crippen LogP contribution in [0.1, 0.15) is 24.8 Å². The van der Waals surface area contributed by atoms with Gasteiger partial charge in [-0.15, -0.1) is 0 Å². The monoisotopic (exact) mass is 186 g/mol. The second-order valence-electron chi connectivity index (χ2n) is 3.20. The number of aliphatic imine (C=N–C) groups is 1. The maximum absolute atomic E-state index is 8.32. The van der Waals surface area contributed by atoms with Gasteiger partial charge in [-0.3, -0.25) is 4.99 Å². The molecule has 0 bridgehead atoms. The van der Waals surface area contributed by atoms with Crippen molar-refractivity contribution in [3.8, 4) is 6.07 Å². The molecule has 0 N–H and O–H groups in total. The Morgan fingerprint density at radius 2 is 2.36 bits per heavy atom. The van der Waals surface area contributed by atoms with Crippen LogP contribution in [0.5, 0.6) is 0 Å². The van der Waals surface area contributed by atoms with Crippen molar-refractivity contribution in [2.45, 2.75) is 26.2 Å². The molecule has 0 radical (unpaired) electrons. The molecule has 2 nitrogen and oxygen atoms in total. The summed E-state index contributed by atoms with van der Waals surface area (Å²) in [6.45, 7) is 2.05. The molecule has 1 aromatic carbocycles. The predicted molar refractivity (Wildman–Crippen MR) is 58.8 cm³/mol. The minimum atomic E-state index is 0.611. The zero-order valence-electron chi connectivity index (χ0n) is 8.40. The van der Waals surface area contributed by atoms with Gasteiger partial charge in [-0.25, -0.2) is 0 Å². The number of hydrogen-bond donors (Lipinski definition) is 0. The second-order valence-corrected chi connectivity index (χ2v) is 3.20. The number of hydrogen-bond acceptors (Lipinski definition) is 2. The van der Waals surface area contributed by atoms with Gasteiger partial charge in [0.25, 0.3) is 0 Å². The second kappa shape index (κ2) is 5.93. The molecule has 0 saturated heterocycles. The van der Waals surface area contributed by atoms with Crippen molar-refractivity contribution in [2.75, 3.05) is 0 Å². The van der Waals surface area contributed by atoms with Gasteiger partial charge in [-0.2, -0.15) is 5.26 Å². The topological polar surface area (TPSA) is 36.1 Å². The summed E-state index contributed by atoms with van der Waals surface area (Å²) in [5.74, 6) is 0. The van der Waals surface area contributed by atoms with Gasteiger partial charge >= 0.3 is 0 Å². The first-order valence-corrected chi connectivity index (χ1v) is 4.79. The molecule has 0 fully saturated rings. The van der Waals surface area contributed by atoms with Crippen molar-refractivity contribution in [3.05, 3.63) is 29.8 Å². The van der Waals surface area contributed by atoms with Crippen LogP contribution in [0.4, 0.5) is 5.69 Å². The highest BCUT2D eigenvalue weighted by molar-refractivity contribution is 5.63. The van der Waals surface area contributed by atoms with E-state index in [1.807, 2.05) is 24.4 Å². The highest BCUT2D eigenvalue weighted by atomic mass is 14.7. The predicted octanol–water partition coefficient (Wildman–Crippen LogP) is 3.39. The Hall–Kier alpha value is -1.62. The molecular weight excluding hydrogens is 172 g/mol. The van der Waals surface area contributed by atoms with E-state index in [0.717, 1.165) is 18.5 Å². The third kappa shape index (κ3) is 3.86. The van der Waals surface area contributed by atoms with E-state index < -0.39 is 0 Å². The van der Waals surface area contributed by atoms with Crippen LogP contribution in [0.15, 0.2) is 29.3 Å². The van der Waals surface area contributed by atoms with Crippen molar-refractivity contribution in [1.82, 2.24) is 0 Å². The minimum Gasteiger partial charge on any atom is -0.261 e. The summed E-state index contributed by atoms with van der Waals surface area (Å²) in [5.41, 5.74) is 2.21. The number of nitriles is 1. The minimum absolute atomic E-state index is 0.611. The van der Waals surface area contributed by atoms with Gasteiger partial charge in [0.15, 0.2) is 0 Å². The van der Waals surface area contributed by atoms with Gasteiger partial charge in [-0.1, -0.05) is 12.1 Å². The summed E-state index contributed by atoms with van der Waals surface area (Å²) >= 11 is 0. The third-order valence-electron chi connectivity index (χ3n) is 1.86. The molecular formula is C12H14N2. The van der Waals surface area contributed by atoms with Crippen LogP contribution >= 0.6 is 0 Å². The first kappa shape index (κ1) is 10.5. The number of aryl methyl sites for hydroxylation is 1. The lowest BCUT2D eigenvalue weighted by Crippen LogP contribution is -1.76. The lowest BCUT2D eigenvalue weighted by molar-refractivity contribution is 0.912. The number of benzene rings is 1. The Morgan fingerprint density at radius 3 is 3.07 bits per heavy atom. The molecule has 0 aliphatic heterocycles. The fraction of sp³-hybridized carbons (Fsp3) is 0.333. The van der Waals surface area contributed by atoms with E-state index in [-0.39, 0.29) is 0 Å². The summed E-state index contributed by atoms with van der Waals surface area (Å²) in [5, 5.41) is 8.32. The summed E-state index contributed by atoms with van der Waals surface area (Å²) in [4.78, 5) is 4.30. The smallest absolute Gasteiger partial charge is 0.0628 e. The highest BCUT2D eigenvalue weighted by Gasteiger charge is 1.87. The van der Waals surface area contributed by atoms with Crippen molar-refractivity contribution >= 4 is 11.9 Å². The van der Waals surface area contributed by atoms with E-state index in [0.29, 0.717) is 6.42 Å². The third-order valence-corrected chi connectivity index (χ3v) is 1.86. The molecule has 0 atom stereocenters. The largest absolute Gasteiger partial charge is 0.261 e. The molecule has 1 aromatic rings. The summed E-state index contributed by atoms with van der Waals surface area (Å²) < 4.78 is 0. The zero-order chi connectivity index (χ0) is 10.2. The van der Waals surface area contributed by atoms with Crippen LogP contribution in [0, 0.1) is 18.3 Å². The van der Waals surface area contributed by atoms with Crippen molar-refractivity contribution in [2.24, 2.45) is 4.99 Å². The average Bonchev–Trinajstić information content (AvgIpc) is 2.18. The van der Waals surface area contributed by atoms with Gasteiger partial charge in [-0.05, 0) is 37.5 Å². The Labute approximate surface area is 84.9 Å². The van der Waals surface area contributed by atoms with E-state index in [1.54, 1.807) is 0 Å². The van der Waals surface area contributed by atoms with E-state index in [4.69, 9.17) is 5.26 Å². The lowest BCUT2D eigenvalue weighted by atomic mass is 10.2. The Kier molecular flexibility index (Phi) is 4.43. The SMILES string of the molecule is Cc1cccc(/N=C\CCCC#N)c1. The molecule has 2 heteroatoms. The molecule has 0 amide bonds. The maximum Gasteiger partial charge on any atom is 0.0628 e. The summed E-state index contributed by atoms with van der Waals surface area (Å²) in [7, 11) is 0. The van der Waals surface area contributed by atoms with Gasteiger partial charge in [0.05, 0.1) is 11.8 Å². The summed E-state index contributed by atoms with van der Waals surface area (Å²) in [6, 6.07) is 10.2. The maximum atomic E-state index is 8.32. The molecule has 0 aliphatic carbocycles. The Morgan fingerprint density at radius 1 is 1.50 bits per heavy atom. The lowest BCUT2D eigenvalue weighted by Gasteiger charge is -1.94. The highest BCUT2D eigenvalue weighted by Crippen LogP contribution is 2.12. The fourth-order valence-electron chi connectivity index (χ4n) is 1.15. The quantitative estimate of drug-likeness (QED) is 0.524. The normalized spacial score (nSPS) is 10.3. The zero-order valence-corrected chi connectivity index (χ0v) is 8.40. The van der Waals surface area contributed by atoms with Gasteiger partial charge in [0, 0.05) is 12.6 Å². The Bertz CT molecular complexity index is 348. The van der Waals surface area contributed by atoms with Crippen LogP contribution in [0.25, 0.3) is 0 Å². The van der Waals surface area contributed by atoms with Gasteiger partial charge < -0.3 is 0 Å². The van der Waals surface area contributed by atoms with Gasteiger partial charge in [0.2, 0.25) is 0 Å². The molecule has 0 unspecified atom stereocenters. The number of rotatable bonds is 4. The first-order valence-electron chi connectivity index (χ1n) is 4.79. The van der Waals surface area contributed by atoms with E-state index in [2.05, 4.69) is 24.1 Å². The standard InChI is InChI=1S/C12H14N2/c1-11-6-5-7-12(10-11)14-9-4-2-3-8-13/h5-7,9-10H,2-4H2,1H3/b14-9-. The van der Waals surface area contributed by atoms with Gasteiger partial charge in [0.1, 0.15) is 0 Å². The first-order chi connectivity index (χ1) is 6.83. The molecule has 0 saturated carbocycles. The fourth-order valence-corrected chi connectivity index (χ4v) is 1.15. The molecule has 1 rings (SSSR count). The van der Waals surface area contributed by atoms with Crippen LogP contribution in [-0.4, -0.2) is 6.21 Å². The molecule has 14 heavy (non-hydrogen) atoms. The van der Waals surface area contributed by atoms with E-state index >= 15 is 0 Å². The number of nitrogens with zero attached hydrogens (tertiary/aromatic N) is 2. The molecule has 0 aliphatic rings. The van der Waals surface area contributed by atoms with Crippen LogP contribution in [0.3, 0.4) is 0 Å².